The molecule has 1 aromatic carbocycles. The fraction of sp³-hybridized carbons (Fsp3) is 0.500. The Kier molecular flexibility index (Phi) is 5.78. The topological polar surface area (TPSA) is 152 Å². The van der Waals surface area contributed by atoms with Crippen molar-refractivity contribution < 1.29 is 43.5 Å². The van der Waals surface area contributed by atoms with Gasteiger partial charge in [0.1, 0.15) is 63.8 Å². The summed E-state index contributed by atoms with van der Waals surface area (Å²) in [5.41, 5.74) is -0.726. The smallest absolute Gasteiger partial charge is 0.196 e. The largest absolute Gasteiger partial charge is 0.495 e. The summed E-state index contributed by atoms with van der Waals surface area (Å²) in [7, 11) is 1.44. The summed E-state index contributed by atoms with van der Waals surface area (Å²) in [4.78, 5) is 12.5. The van der Waals surface area contributed by atoms with Gasteiger partial charge in [-0.05, 0) is 26.8 Å². The van der Waals surface area contributed by atoms with Crippen LogP contribution in [0.4, 0.5) is 0 Å². The van der Waals surface area contributed by atoms with Gasteiger partial charge in [-0.25, -0.2) is 0 Å². The van der Waals surface area contributed by atoms with Gasteiger partial charge >= 0.3 is 0 Å². The van der Waals surface area contributed by atoms with Crippen LogP contribution in [-0.4, -0.2) is 64.8 Å². The number of hydrogen-bond acceptors (Lipinski definition) is 10. The lowest BCUT2D eigenvalue weighted by Crippen LogP contribution is -2.60. The van der Waals surface area contributed by atoms with Crippen molar-refractivity contribution in [1.29, 1.82) is 0 Å². The molecule has 0 radical (unpaired) electrons. The van der Waals surface area contributed by atoms with Crippen LogP contribution in [0.2, 0.25) is 0 Å². The van der Waals surface area contributed by atoms with Crippen LogP contribution < -0.4 is 10.2 Å². The molecule has 0 aliphatic carbocycles. The molecule has 0 amide bonds. The van der Waals surface area contributed by atoms with E-state index in [1.807, 2.05) is 0 Å². The highest BCUT2D eigenvalue weighted by atomic mass is 16.7. The van der Waals surface area contributed by atoms with Crippen LogP contribution >= 0.6 is 0 Å². The SMILES string of the molecule is COc1c2cc(C(C)(C)O[C@@H]3O[C@H](CO)[C@@H](O)[C@H](O)[C@H]3O)oc2cc2oc(C)cc(=O)c12. The first-order valence-corrected chi connectivity index (χ1v) is 10.1. The molecule has 4 rings (SSSR count). The Bertz CT molecular complexity index is 1190. The second kappa shape index (κ2) is 8.14. The van der Waals surface area contributed by atoms with Crippen LogP contribution in [0, 0.1) is 6.92 Å². The lowest BCUT2D eigenvalue weighted by Gasteiger charge is -2.42. The lowest BCUT2D eigenvalue weighted by molar-refractivity contribution is -0.326. The molecule has 1 saturated heterocycles. The first-order chi connectivity index (χ1) is 15.1. The molecule has 4 N–H and O–H groups in total. The van der Waals surface area contributed by atoms with Gasteiger partial charge in [-0.1, -0.05) is 0 Å². The minimum Gasteiger partial charge on any atom is -0.495 e. The van der Waals surface area contributed by atoms with Crippen molar-refractivity contribution in [2.75, 3.05) is 13.7 Å². The number of furan rings is 1. The third-order valence-corrected chi connectivity index (χ3v) is 5.65. The maximum Gasteiger partial charge on any atom is 0.196 e. The number of aliphatic hydroxyl groups excluding tert-OH is 4. The highest BCUT2D eigenvalue weighted by molar-refractivity contribution is 6.01. The predicted molar refractivity (Wildman–Crippen MR) is 111 cm³/mol. The Hall–Kier alpha value is -2.47. The minimum absolute atomic E-state index is 0.248. The summed E-state index contributed by atoms with van der Waals surface area (Å²) < 4.78 is 28.5. The Morgan fingerprint density at radius 2 is 1.75 bits per heavy atom. The van der Waals surface area contributed by atoms with E-state index >= 15 is 0 Å². The maximum atomic E-state index is 12.5. The second-order valence-electron chi connectivity index (χ2n) is 8.35. The zero-order valence-electron chi connectivity index (χ0n) is 18.1. The first-order valence-electron chi connectivity index (χ1n) is 10.1. The number of aliphatic hydroxyl groups is 4. The van der Waals surface area contributed by atoms with E-state index in [9.17, 15) is 25.2 Å². The van der Waals surface area contributed by atoms with Gasteiger partial charge in [0.15, 0.2) is 11.7 Å². The molecule has 10 heteroatoms. The van der Waals surface area contributed by atoms with Crippen molar-refractivity contribution in [2.24, 2.45) is 0 Å². The number of methoxy groups -OCH3 is 1. The van der Waals surface area contributed by atoms with Crippen LogP contribution in [0.1, 0.15) is 25.4 Å². The lowest BCUT2D eigenvalue weighted by atomic mass is 9.98. The Morgan fingerprint density at radius 3 is 2.41 bits per heavy atom. The van der Waals surface area contributed by atoms with E-state index < -0.39 is 42.9 Å². The van der Waals surface area contributed by atoms with Gasteiger partial charge in [-0.15, -0.1) is 0 Å². The van der Waals surface area contributed by atoms with Crippen molar-refractivity contribution in [2.45, 2.75) is 57.1 Å². The summed E-state index contributed by atoms with van der Waals surface area (Å²) in [5.74, 6) is 1.06. The van der Waals surface area contributed by atoms with Gasteiger partial charge in [0.05, 0.1) is 19.1 Å². The molecule has 0 bridgehead atoms. The molecule has 32 heavy (non-hydrogen) atoms. The van der Waals surface area contributed by atoms with E-state index in [4.69, 9.17) is 23.0 Å². The summed E-state index contributed by atoms with van der Waals surface area (Å²) in [6.07, 6.45) is -7.06. The standard InChI is InChI=1S/C22H26O10/c1-9-5-11(24)16-13(29-9)7-12-10(20(16)28-4)6-15(30-12)22(2,3)32-21-19(27)18(26)17(25)14(8-23)31-21/h5-7,14,17-19,21,23,25-27H,8H2,1-4H3/t14-,17-,18+,19-,21+/m1/s1. The van der Waals surface area contributed by atoms with Crippen molar-refractivity contribution in [3.8, 4) is 5.75 Å². The van der Waals surface area contributed by atoms with E-state index in [1.165, 1.54) is 13.2 Å². The van der Waals surface area contributed by atoms with Gasteiger partial charge < -0.3 is 43.5 Å². The average molecular weight is 450 g/mol. The minimum atomic E-state index is -1.57. The van der Waals surface area contributed by atoms with Crippen molar-refractivity contribution in [3.05, 3.63) is 39.9 Å². The highest BCUT2D eigenvalue weighted by Crippen LogP contribution is 2.40. The molecular weight excluding hydrogens is 424 g/mol. The summed E-state index contributed by atoms with van der Waals surface area (Å²) >= 11 is 0. The number of ether oxygens (including phenoxy) is 3. The zero-order valence-corrected chi connectivity index (χ0v) is 18.1. The monoisotopic (exact) mass is 450 g/mol. The van der Waals surface area contributed by atoms with Crippen molar-refractivity contribution >= 4 is 21.9 Å². The van der Waals surface area contributed by atoms with Crippen molar-refractivity contribution in [1.82, 2.24) is 0 Å². The zero-order chi connectivity index (χ0) is 23.4. The molecule has 5 atom stereocenters. The Labute approximate surface area is 182 Å². The highest BCUT2D eigenvalue weighted by Gasteiger charge is 2.46. The van der Waals surface area contributed by atoms with E-state index in [0.717, 1.165) is 0 Å². The fourth-order valence-electron chi connectivity index (χ4n) is 3.92. The molecule has 1 fully saturated rings. The second-order valence-corrected chi connectivity index (χ2v) is 8.35. The predicted octanol–water partition coefficient (Wildman–Crippen LogP) is 0.908. The summed E-state index contributed by atoms with van der Waals surface area (Å²) in [6.45, 7) is 4.42. The Balaban J connectivity index is 1.75. The van der Waals surface area contributed by atoms with E-state index in [2.05, 4.69) is 0 Å². The molecule has 1 aliphatic rings. The third kappa shape index (κ3) is 3.68. The number of rotatable bonds is 5. The van der Waals surface area contributed by atoms with Crippen LogP contribution in [0.5, 0.6) is 5.75 Å². The fourth-order valence-corrected chi connectivity index (χ4v) is 3.92. The normalized spacial score (nSPS) is 26.7. The molecule has 3 heterocycles. The number of hydrogen-bond donors (Lipinski definition) is 4. The van der Waals surface area contributed by atoms with E-state index in [1.54, 1.807) is 32.9 Å². The molecule has 0 unspecified atom stereocenters. The number of aryl methyl sites for hydroxylation is 1. The molecule has 0 saturated carbocycles. The molecule has 10 nitrogen and oxygen atoms in total. The van der Waals surface area contributed by atoms with Gasteiger partial charge in [-0.3, -0.25) is 4.79 Å². The van der Waals surface area contributed by atoms with E-state index in [-0.39, 0.29) is 10.8 Å². The third-order valence-electron chi connectivity index (χ3n) is 5.65. The van der Waals surface area contributed by atoms with E-state index in [0.29, 0.717) is 33.8 Å². The molecular formula is C22H26O10. The van der Waals surface area contributed by atoms with Gasteiger partial charge in [-0.2, -0.15) is 0 Å². The molecule has 0 spiro atoms. The first kappa shape index (κ1) is 22.7. The van der Waals surface area contributed by atoms with Gasteiger partial charge in [0.25, 0.3) is 0 Å². The van der Waals surface area contributed by atoms with Crippen LogP contribution in [0.3, 0.4) is 0 Å². The van der Waals surface area contributed by atoms with Crippen molar-refractivity contribution in [3.63, 3.8) is 0 Å². The van der Waals surface area contributed by atoms with Gasteiger partial charge in [0.2, 0.25) is 0 Å². The average Bonchev–Trinajstić information content (AvgIpc) is 3.17. The molecule has 3 aromatic rings. The van der Waals surface area contributed by atoms with Crippen LogP contribution in [0.25, 0.3) is 21.9 Å². The maximum absolute atomic E-state index is 12.5. The molecule has 2 aromatic heterocycles. The van der Waals surface area contributed by atoms with Crippen LogP contribution in [-0.2, 0) is 15.1 Å². The molecule has 1 aliphatic heterocycles. The number of benzene rings is 1. The summed E-state index contributed by atoms with van der Waals surface area (Å²) in [6, 6.07) is 4.62. The Morgan fingerprint density at radius 1 is 1.03 bits per heavy atom. The van der Waals surface area contributed by atoms with Crippen LogP contribution in [0.15, 0.2) is 31.8 Å². The molecule has 174 valence electrons. The number of fused-ring (bicyclic) bond motifs is 2. The van der Waals surface area contributed by atoms with Gasteiger partial charge in [0, 0.05) is 12.1 Å². The summed E-state index contributed by atoms with van der Waals surface area (Å²) in [5, 5.41) is 40.5. The quantitative estimate of drug-likeness (QED) is 0.441.